The second-order valence-electron chi connectivity index (χ2n) is 6.97. The molecule has 0 aromatic heterocycles. The summed E-state index contributed by atoms with van der Waals surface area (Å²) in [5.41, 5.74) is 2.69. The Bertz CT molecular complexity index is 585. The van der Waals surface area contributed by atoms with Crippen molar-refractivity contribution in [3.8, 4) is 11.5 Å². The van der Waals surface area contributed by atoms with Gasteiger partial charge < -0.3 is 19.5 Å². The molecule has 0 spiro atoms. The summed E-state index contributed by atoms with van der Waals surface area (Å²) in [6.45, 7) is 12.1. The largest absolute Gasteiger partial charge is 0.493 e. The molecular formula is C21H34N2O3. The van der Waals surface area contributed by atoms with Crippen LogP contribution in [0.15, 0.2) is 29.8 Å². The number of likely N-dealkylation sites (N-methyl/N-ethyl adjacent to an activating group) is 1. The first kappa shape index (κ1) is 20.7. The van der Waals surface area contributed by atoms with Gasteiger partial charge in [0.2, 0.25) is 0 Å². The summed E-state index contributed by atoms with van der Waals surface area (Å²) in [5, 5.41) is 10.2. The number of rotatable bonds is 10. The van der Waals surface area contributed by atoms with Gasteiger partial charge >= 0.3 is 0 Å². The van der Waals surface area contributed by atoms with E-state index in [0.29, 0.717) is 12.3 Å². The first-order chi connectivity index (χ1) is 12.5. The minimum atomic E-state index is -0.511. The first-order valence-electron chi connectivity index (χ1n) is 9.63. The van der Waals surface area contributed by atoms with Crippen LogP contribution in [0.1, 0.15) is 32.8 Å². The third-order valence-corrected chi connectivity index (χ3v) is 4.95. The molecule has 0 saturated carbocycles. The maximum Gasteiger partial charge on any atom is 0.161 e. The quantitative estimate of drug-likeness (QED) is 0.649. The van der Waals surface area contributed by atoms with Crippen molar-refractivity contribution in [2.24, 2.45) is 0 Å². The molecule has 146 valence electrons. The highest BCUT2D eigenvalue weighted by atomic mass is 16.5. The normalized spacial score (nSPS) is 16.5. The van der Waals surface area contributed by atoms with Gasteiger partial charge in [-0.15, -0.1) is 0 Å². The predicted octanol–water partition coefficient (Wildman–Crippen LogP) is 2.93. The van der Waals surface area contributed by atoms with Crippen molar-refractivity contribution in [1.29, 1.82) is 0 Å². The molecule has 1 aliphatic rings. The fourth-order valence-corrected chi connectivity index (χ4v) is 3.16. The van der Waals surface area contributed by atoms with Gasteiger partial charge in [0.05, 0.1) is 7.11 Å². The highest BCUT2D eigenvalue weighted by Gasteiger charge is 2.14. The van der Waals surface area contributed by atoms with Crippen LogP contribution in [0.4, 0.5) is 0 Å². The summed E-state index contributed by atoms with van der Waals surface area (Å²) >= 11 is 0. The van der Waals surface area contributed by atoms with E-state index >= 15 is 0 Å². The average molecular weight is 363 g/mol. The molecule has 0 aliphatic carbocycles. The zero-order valence-corrected chi connectivity index (χ0v) is 16.7. The Labute approximate surface area is 158 Å². The highest BCUT2D eigenvalue weighted by Crippen LogP contribution is 2.29. The van der Waals surface area contributed by atoms with E-state index in [1.807, 2.05) is 12.1 Å². The number of hydrogen-bond acceptors (Lipinski definition) is 5. The van der Waals surface area contributed by atoms with Gasteiger partial charge in [-0.2, -0.15) is 0 Å². The van der Waals surface area contributed by atoms with Gasteiger partial charge in [0.25, 0.3) is 0 Å². The maximum absolute atomic E-state index is 10.2. The molecule has 0 fully saturated rings. The second kappa shape index (κ2) is 10.6. The van der Waals surface area contributed by atoms with Gasteiger partial charge in [-0.25, -0.2) is 0 Å². The molecule has 1 heterocycles. The average Bonchev–Trinajstić information content (AvgIpc) is 2.66. The van der Waals surface area contributed by atoms with E-state index < -0.39 is 6.10 Å². The van der Waals surface area contributed by atoms with Crippen molar-refractivity contribution in [2.75, 3.05) is 46.4 Å². The molecule has 5 heteroatoms. The van der Waals surface area contributed by atoms with Crippen molar-refractivity contribution in [3.05, 3.63) is 35.4 Å². The van der Waals surface area contributed by atoms with Gasteiger partial charge in [0.1, 0.15) is 12.7 Å². The molecule has 26 heavy (non-hydrogen) atoms. The van der Waals surface area contributed by atoms with Gasteiger partial charge in [-0.1, -0.05) is 31.6 Å². The Hall–Kier alpha value is -1.56. The van der Waals surface area contributed by atoms with Crippen LogP contribution in [-0.4, -0.2) is 67.5 Å². The Morgan fingerprint density at radius 1 is 1.23 bits per heavy atom. The Morgan fingerprint density at radius 3 is 2.62 bits per heavy atom. The SMILES string of the molecule is CCN(CC)CC(O)COc1ccc(CN2CC=C(C)CC2)cc1OC. The summed E-state index contributed by atoms with van der Waals surface area (Å²) in [6, 6.07) is 6.07. The summed E-state index contributed by atoms with van der Waals surface area (Å²) in [6.07, 6.45) is 2.93. The van der Waals surface area contributed by atoms with Crippen LogP contribution in [0.25, 0.3) is 0 Å². The summed E-state index contributed by atoms with van der Waals surface area (Å²) in [4.78, 5) is 4.61. The number of aliphatic hydroxyl groups excluding tert-OH is 1. The van der Waals surface area contributed by atoms with E-state index in [2.05, 4.69) is 42.7 Å². The standard InChI is InChI=1S/C21H34N2O3/c1-5-22(6-2)15-19(24)16-26-20-8-7-18(13-21(20)25-4)14-23-11-9-17(3)10-12-23/h7-9,13,19,24H,5-6,10-12,14-16H2,1-4H3. The minimum Gasteiger partial charge on any atom is -0.493 e. The van der Waals surface area contributed by atoms with Gasteiger partial charge in [-0.3, -0.25) is 4.90 Å². The number of aliphatic hydroxyl groups is 1. The lowest BCUT2D eigenvalue weighted by Gasteiger charge is -2.25. The summed E-state index contributed by atoms with van der Waals surface area (Å²) in [7, 11) is 1.66. The minimum absolute atomic E-state index is 0.266. The molecule has 0 saturated heterocycles. The van der Waals surface area contributed by atoms with E-state index in [4.69, 9.17) is 9.47 Å². The molecule has 1 atom stereocenters. The monoisotopic (exact) mass is 362 g/mol. The fourth-order valence-electron chi connectivity index (χ4n) is 3.16. The van der Waals surface area contributed by atoms with E-state index in [1.54, 1.807) is 7.11 Å². The van der Waals surface area contributed by atoms with Gasteiger partial charge in [0, 0.05) is 26.2 Å². The van der Waals surface area contributed by atoms with E-state index in [-0.39, 0.29) is 6.61 Å². The van der Waals surface area contributed by atoms with Crippen LogP contribution < -0.4 is 9.47 Å². The van der Waals surface area contributed by atoms with Crippen LogP contribution in [-0.2, 0) is 6.54 Å². The molecule has 5 nitrogen and oxygen atoms in total. The highest BCUT2D eigenvalue weighted by molar-refractivity contribution is 5.43. The lowest BCUT2D eigenvalue weighted by atomic mass is 10.1. The van der Waals surface area contributed by atoms with Gasteiger partial charge in [0.15, 0.2) is 11.5 Å². The smallest absolute Gasteiger partial charge is 0.161 e. The molecule has 1 N–H and O–H groups in total. The van der Waals surface area contributed by atoms with Crippen molar-refractivity contribution in [3.63, 3.8) is 0 Å². The number of hydrogen-bond donors (Lipinski definition) is 1. The molecule has 0 amide bonds. The Kier molecular flexibility index (Phi) is 8.42. The number of methoxy groups -OCH3 is 1. The molecule has 0 bridgehead atoms. The first-order valence-corrected chi connectivity index (χ1v) is 9.63. The zero-order valence-electron chi connectivity index (χ0n) is 16.7. The Balaban J connectivity index is 1.91. The van der Waals surface area contributed by atoms with Crippen LogP contribution in [0, 0.1) is 0 Å². The molecule has 1 unspecified atom stereocenters. The lowest BCUT2D eigenvalue weighted by Crippen LogP contribution is -2.35. The predicted molar refractivity (Wildman–Crippen MR) is 106 cm³/mol. The molecule has 2 rings (SSSR count). The van der Waals surface area contributed by atoms with Crippen molar-refractivity contribution < 1.29 is 14.6 Å². The van der Waals surface area contributed by atoms with Crippen molar-refractivity contribution in [2.45, 2.75) is 39.8 Å². The third-order valence-electron chi connectivity index (χ3n) is 4.95. The van der Waals surface area contributed by atoms with E-state index in [9.17, 15) is 5.11 Å². The van der Waals surface area contributed by atoms with Crippen molar-refractivity contribution in [1.82, 2.24) is 9.80 Å². The van der Waals surface area contributed by atoms with Crippen LogP contribution in [0.2, 0.25) is 0 Å². The number of ether oxygens (including phenoxy) is 2. The molecular weight excluding hydrogens is 328 g/mol. The number of nitrogens with zero attached hydrogens (tertiary/aromatic N) is 2. The fraction of sp³-hybridized carbons (Fsp3) is 0.619. The third kappa shape index (κ3) is 6.31. The van der Waals surface area contributed by atoms with E-state index in [0.717, 1.165) is 44.9 Å². The molecule has 0 radical (unpaired) electrons. The maximum atomic E-state index is 10.2. The molecule has 1 aliphatic heterocycles. The lowest BCUT2D eigenvalue weighted by molar-refractivity contribution is 0.0705. The summed E-state index contributed by atoms with van der Waals surface area (Å²) < 4.78 is 11.3. The van der Waals surface area contributed by atoms with Gasteiger partial charge in [-0.05, 0) is 44.1 Å². The van der Waals surface area contributed by atoms with Crippen LogP contribution in [0.5, 0.6) is 11.5 Å². The summed E-state index contributed by atoms with van der Waals surface area (Å²) in [5.74, 6) is 1.41. The molecule has 1 aromatic rings. The van der Waals surface area contributed by atoms with Crippen molar-refractivity contribution >= 4 is 0 Å². The molecule has 1 aromatic carbocycles. The zero-order chi connectivity index (χ0) is 18.9. The Morgan fingerprint density at radius 2 is 2.00 bits per heavy atom. The topological polar surface area (TPSA) is 45.2 Å². The number of benzene rings is 1. The van der Waals surface area contributed by atoms with Crippen LogP contribution >= 0.6 is 0 Å². The second-order valence-corrected chi connectivity index (χ2v) is 6.97. The van der Waals surface area contributed by atoms with Crippen LogP contribution in [0.3, 0.4) is 0 Å². The van der Waals surface area contributed by atoms with E-state index in [1.165, 1.54) is 11.1 Å².